The Labute approximate surface area is 123 Å². The summed E-state index contributed by atoms with van der Waals surface area (Å²) in [5.41, 5.74) is 6.24. The molecule has 2 N–H and O–H groups in total. The van der Waals surface area contributed by atoms with Gasteiger partial charge >= 0.3 is 0 Å². The van der Waals surface area contributed by atoms with Crippen molar-refractivity contribution in [2.75, 3.05) is 19.6 Å². The second-order valence-electron chi connectivity index (χ2n) is 5.14. The molecule has 0 spiro atoms. The zero-order valence-electron chi connectivity index (χ0n) is 10.9. The molecule has 19 heavy (non-hydrogen) atoms. The van der Waals surface area contributed by atoms with E-state index in [1.807, 2.05) is 4.90 Å². The van der Waals surface area contributed by atoms with Crippen molar-refractivity contribution in [1.82, 2.24) is 4.90 Å². The van der Waals surface area contributed by atoms with E-state index in [2.05, 4.69) is 6.92 Å². The minimum atomic E-state index is -0.0575. The van der Waals surface area contributed by atoms with E-state index < -0.39 is 0 Å². The van der Waals surface area contributed by atoms with Gasteiger partial charge in [0.05, 0.1) is 10.6 Å². The molecule has 1 amide bonds. The van der Waals surface area contributed by atoms with Gasteiger partial charge < -0.3 is 10.6 Å². The highest BCUT2D eigenvalue weighted by Crippen LogP contribution is 2.26. The van der Waals surface area contributed by atoms with Crippen LogP contribution in [0, 0.1) is 11.8 Å². The summed E-state index contributed by atoms with van der Waals surface area (Å²) >= 11 is 12.0. The topological polar surface area (TPSA) is 46.3 Å². The summed E-state index contributed by atoms with van der Waals surface area (Å²) in [5.74, 6) is 0.859. The summed E-state index contributed by atoms with van der Waals surface area (Å²) < 4.78 is 0. The Bertz CT molecular complexity index is 479. The highest BCUT2D eigenvalue weighted by Gasteiger charge is 2.29. The smallest absolute Gasteiger partial charge is 0.255 e. The Morgan fingerprint density at radius 3 is 2.89 bits per heavy atom. The van der Waals surface area contributed by atoms with Gasteiger partial charge in [-0.25, -0.2) is 0 Å². The molecule has 0 aliphatic carbocycles. The monoisotopic (exact) mass is 300 g/mol. The summed E-state index contributed by atoms with van der Waals surface area (Å²) in [6.45, 7) is 4.23. The first-order chi connectivity index (χ1) is 9.02. The first-order valence-electron chi connectivity index (χ1n) is 6.47. The Hall–Kier alpha value is -0.770. The number of piperidine rings is 1. The van der Waals surface area contributed by atoms with Crippen molar-refractivity contribution in [3.63, 3.8) is 0 Å². The minimum Gasteiger partial charge on any atom is -0.338 e. The van der Waals surface area contributed by atoms with Crippen LogP contribution in [0.25, 0.3) is 0 Å². The van der Waals surface area contributed by atoms with E-state index in [0.29, 0.717) is 40.5 Å². The fraction of sp³-hybridized carbons (Fsp3) is 0.500. The third-order valence-electron chi connectivity index (χ3n) is 3.86. The molecule has 0 aromatic heterocycles. The lowest BCUT2D eigenvalue weighted by Crippen LogP contribution is -2.45. The van der Waals surface area contributed by atoms with Crippen molar-refractivity contribution in [1.29, 1.82) is 0 Å². The van der Waals surface area contributed by atoms with Gasteiger partial charge in [-0.2, -0.15) is 0 Å². The second kappa shape index (κ2) is 6.12. The summed E-state index contributed by atoms with van der Waals surface area (Å²) in [4.78, 5) is 14.3. The van der Waals surface area contributed by atoms with Crippen molar-refractivity contribution >= 4 is 29.1 Å². The Kier molecular flexibility index (Phi) is 4.71. The zero-order chi connectivity index (χ0) is 14.0. The van der Waals surface area contributed by atoms with E-state index in [1.54, 1.807) is 18.2 Å². The van der Waals surface area contributed by atoms with E-state index in [9.17, 15) is 4.79 Å². The number of hydrogen-bond acceptors (Lipinski definition) is 2. The number of likely N-dealkylation sites (tertiary alicyclic amines) is 1. The van der Waals surface area contributed by atoms with Gasteiger partial charge in [-0.1, -0.05) is 30.1 Å². The largest absolute Gasteiger partial charge is 0.338 e. The highest BCUT2D eigenvalue weighted by atomic mass is 35.5. The molecule has 0 radical (unpaired) electrons. The lowest BCUT2D eigenvalue weighted by Gasteiger charge is -2.36. The van der Waals surface area contributed by atoms with Crippen LogP contribution in [0.5, 0.6) is 0 Å². The summed E-state index contributed by atoms with van der Waals surface area (Å²) in [5, 5.41) is 0.964. The van der Waals surface area contributed by atoms with Gasteiger partial charge in [-0.15, -0.1) is 0 Å². The number of carbonyl (C=O) groups excluding carboxylic acids is 1. The Balaban J connectivity index is 2.18. The maximum atomic E-state index is 12.5. The van der Waals surface area contributed by atoms with Gasteiger partial charge in [-0.05, 0) is 43.0 Å². The van der Waals surface area contributed by atoms with Crippen LogP contribution < -0.4 is 5.73 Å². The molecular weight excluding hydrogens is 283 g/mol. The van der Waals surface area contributed by atoms with Crippen molar-refractivity contribution in [2.24, 2.45) is 17.6 Å². The molecular formula is C14H18Cl2N2O. The number of nitrogens with zero attached hydrogens (tertiary/aromatic N) is 1. The average Bonchev–Trinajstić information content (AvgIpc) is 2.41. The molecule has 1 aliphatic heterocycles. The molecule has 2 atom stereocenters. The molecule has 104 valence electrons. The molecule has 1 aromatic rings. The van der Waals surface area contributed by atoms with E-state index in [-0.39, 0.29) is 5.91 Å². The molecule has 5 heteroatoms. The van der Waals surface area contributed by atoms with Crippen molar-refractivity contribution in [2.45, 2.75) is 13.3 Å². The molecule has 2 unspecified atom stereocenters. The number of amides is 1. The first-order valence-corrected chi connectivity index (χ1v) is 7.23. The van der Waals surface area contributed by atoms with Crippen molar-refractivity contribution in [3.8, 4) is 0 Å². The van der Waals surface area contributed by atoms with Crippen molar-refractivity contribution in [3.05, 3.63) is 33.8 Å². The van der Waals surface area contributed by atoms with Gasteiger partial charge in [-0.3, -0.25) is 4.79 Å². The lowest BCUT2D eigenvalue weighted by atomic mass is 9.87. The minimum absolute atomic E-state index is 0.0575. The van der Waals surface area contributed by atoms with E-state index in [0.717, 1.165) is 13.0 Å². The fourth-order valence-electron chi connectivity index (χ4n) is 2.47. The summed E-state index contributed by atoms with van der Waals surface area (Å²) in [6, 6.07) is 4.97. The average molecular weight is 301 g/mol. The fourth-order valence-corrected chi connectivity index (χ4v) is 2.84. The van der Waals surface area contributed by atoms with Crippen LogP contribution >= 0.6 is 23.2 Å². The van der Waals surface area contributed by atoms with Gasteiger partial charge in [0.15, 0.2) is 0 Å². The van der Waals surface area contributed by atoms with Gasteiger partial charge in [0.2, 0.25) is 0 Å². The maximum absolute atomic E-state index is 12.5. The van der Waals surface area contributed by atoms with Gasteiger partial charge in [0.1, 0.15) is 0 Å². The molecule has 1 aliphatic rings. The van der Waals surface area contributed by atoms with Crippen molar-refractivity contribution < 1.29 is 4.79 Å². The molecule has 1 heterocycles. The standard InChI is InChI=1S/C14H18Cl2N2O/c1-9-4-5-18(8-10(9)7-17)14(19)12-6-11(15)2-3-13(12)16/h2-3,6,9-10H,4-5,7-8,17H2,1H3. The van der Waals surface area contributed by atoms with Crippen LogP contribution in [0.1, 0.15) is 23.7 Å². The van der Waals surface area contributed by atoms with Crippen LogP contribution in [0.2, 0.25) is 10.0 Å². The van der Waals surface area contributed by atoms with E-state index >= 15 is 0 Å². The third-order valence-corrected chi connectivity index (χ3v) is 4.43. The molecule has 0 saturated carbocycles. The molecule has 1 aromatic carbocycles. The predicted molar refractivity (Wildman–Crippen MR) is 78.7 cm³/mol. The number of benzene rings is 1. The second-order valence-corrected chi connectivity index (χ2v) is 5.98. The first kappa shape index (κ1) is 14.6. The number of nitrogens with two attached hydrogens (primary N) is 1. The Morgan fingerprint density at radius 1 is 1.47 bits per heavy atom. The van der Waals surface area contributed by atoms with E-state index in [1.165, 1.54) is 0 Å². The predicted octanol–water partition coefficient (Wildman–Crippen LogP) is 3.05. The number of hydrogen-bond donors (Lipinski definition) is 1. The van der Waals surface area contributed by atoms with Crippen LogP contribution in [0.15, 0.2) is 18.2 Å². The van der Waals surface area contributed by atoms with Crippen LogP contribution in [0.3, 0.4) is 0 Å². The van der Waals surface area contributed by atoms with Crippen LogP contribution in [0.4, 0.5) is 0 Å². The molecule has 1 saturated heterocycles. The molecule has 1 fully saturated rings. The molecule has 0 bridgehead atoms. The quantitative estimate of drug-likeness (QED) is 0.912. The molecule has 2 rings (SSSR count). The zero-order valence-corrected chi connectivity index (χ0v) is 12.4. The lowest BCUT2D eigenvalue weighted by molar-refractivity contribution is 0.0618. The summed E-state index contributed by atoms with van der Waals surface area (Å²) in [6.07, 6.45) is 0.978. The Morgan fingerprint density at radius 2 is 2.21 bits per heavy atom. The third kappa shape index (κ3) is 3.22. The van der Waals surface area contributed by atoms with Gasteiger partial charge in [0, 0.05) is 18.1 Å². The van der Waals surface area contributed by atoms with Gasteiger partial charge in [0.25, 0.3) is 5.91 Å². The van der Waals surface area contributed by atoms with Crippen LogP contribution in [-0.2, 0) is 0 Å². The van der Waals surface area contributed by atoms with E-state index in [4.69, 9.17) is 28.9 Å². The highest BCUT2D eigenvalue weighted by molar-refractivity contribution is 6.35. The molecule has 3 nitrogen and oxygen atoms in total. The summed E-state index contributed by atoms with van der Waals surface area (Å²) in [7, 11) is 0. The number of halogens is 2. The maximum Gasteiger partial charge on any atom is 0.255 e. The SMILES string of the molecule is CC1CCN(C(=O)c2cc(Cl)ccc2Cl)CC1CN. The normalized spacial score (nSPS) is 23.5. The number of carbonyl (C=O) groups is 1. The number of rotatable bonds is 2. The van der Waals surface area contributed by atoms with Crippen LogP contribution in [-0.4, -0.2) is 30.4 Å².